The van der Waals surface area contributed by atoms with Crippen LogP contribution in [0, 0.1) is 17.2 Å². The Morgan fingerprint density at radius 2 is 2.38 bits per heavy atom. The van der Waals surface area contributed by atoms with E-state index >= 15 is 0 Å². The van der Waals surface area contributed by atoms with Crippen LogP contribution in [0.25, 0.3) is 0 Å². The number of hydrogen-bond acceptors (Lipinski definition) is 4. The first-order valence-electron chi connectivity index (χ1n) is 5.44. The van der Waals surface area contributed by atoms with Crippen molar-refractivity contribution in [3.63, 3.8) is 0 Å². The molecule has 4 heteroatoms. The van der Waals surface area contributed by atoms with Gasteiger partial charge in [-0.25, -0.2) is 4.98 Å². The highest BCUT2D eigenvalue weighted by atomic mass is 16.3. The van der Waals surface area contributed by atoms with Crippen LogP contribution >= 0.6 is 0 Å². The monoisotopic (exact) mass is 217 g/mol. The average Bonchev–Trinajstić information content (AvgIpc) is 2.27. The number of nitriles is 1. The van der Waals surface area contributed by atoms with E-state index in [9.17, 15) is 5.11 Å². The van der Waals surface area contributed by atoms with Gasteiger partial charge in [0.2, 0.25) is 0 Å². The third kappa shape index (κ3) is 2.31. The van der Waals surface area contributed by atoms with Gasteiger partial charge in [0, 0.05) is 25.5 Å². The molecule has 1 fully saturated rings. The standard InChI is InChI=1S/C12H15N3O/c1-15(8-9-4-12(16)5-9)11-2-3-14-10(6-11)7-13/h2-3,6,9,12,16H,4-5,8H2,1H3. The van der Waals surface area contributed by atoms with E-state index in [0.29, 0.717) is 11.6 Å². The predicted octanol–water partition coefficient (Wildman–Crippen LogP) is 1.16. The van der Waals surface area contributed by atoms with Crippen LogP contribution in [0.2, 0.25) is 0 Å². The van der Waals surface area contributed by atoms with Gasteiger partial charge in [-0.2, -0.15) is 5.26 Å². The summed E-state index contributed by atoms with van der Waals surface area (Å²) in [6.07, 6.45) is 3.33. The third-order valence-electron chi connectivity index (χ3n) is 3.04. The SMILES string of the molecule is CN(CC1CC(O)C1)c1ccnc(C#N)c1. The van der Waals surface area contributed by atoms with E-state index in [1.54, 1.807) is 12.3 Å². The topological polar surface area (TPSA) is 60.1 Å². The van der Waals surface area contributed by atoms with Crippen molar-refractivity contribution in [2.45, 2.75) is 18.9 Å². The van der Waals surface area contributed by atoms with E-state index in [1.165, 1.54) is 0 Å². The molecular formula is C12H15N3O. The van der Waals surface area contributed by atoms with Gasteiger partial charge in [0.15, 0.2) is 0 Å². The molecule has 0 aliphatic heterocycles. The molecule has 1 aliphatic rings. The minimum Gasteiger partial charge on any atom is -0.393 e. The number of aromatic nitrogens is 1. The van der Waals surface area contributed by atoms with Crippen LogP contribution in [0.1, 0.15) is 18.5 Å². The number of rotatable bonds is 3. The summed E-state index contributed by atoms with van der Waals surface area (Å²) in [4.78, 5) is 6.05. The molecule has 0 amide bonds. The molecule has 1 aromatic rings. The zero-order chi connectivity index (χ0) is 11.5. The van der Waals surface area contributed by atoms with Gasteiger partial charge < -0.3 is 10.0 Å². The number of aliphatic hydroxyl groups excluding tert-OH is 1. The zero-order valence-electron chi connectivity index (χ0n) is 9.30. The lowest BCUT2D eigenvalue weighted by atomic mass is 9.82. The summed E-state index contributed by atoms with van der Waals surface area (Å²) < 4.78 is 0. The molecule has 0 atom stereocenters. The van der Waals surface area contributed by atoms with Crippen LogP contribution in [-0.2, 0) is 0 Å². The maximum absolute atomic E-state index is 9.21. The van der Waals surface area contributed by atoms with Crippen molar-refractivity contribution in [2.24, 2.45) is 5.92 Å². The maximum Gasteiger partial charge on any atom is 0.142 e. The molecule has 0 aromatic carbocycles. The summed E-state index contributed by atoms with van der Waals surface area (Å²) in [6.45, 7) is 0.923. The summed E-state index contributed by atoms with van der Waals surface area (Å²) in [6, 6.07) is 5.72. The highest BCUT2D eigenvalue weighted by molar-refractivity contribution is 5.48. The Balaban J connectivity index is 1.98. The van der Waals surface area contributed by atoms with Gasteiger partial charge in [-0.1, -0.05) is 0 Å². The van der Waals surface area contributed by atoms with Crippen molar-refractivity contribution in [1.82, 2.24) is 4.98 Å². The Morgan fingerprint density at radius 1 is 1.62 bits per heavy atom. The minimum absolute atomic E-state index is 0.106. The maximum atomic E-state index is 9.21. The molecule has 4 nitrogen and oxygen atoms in total. The first-order valence-corrected chi connectivity index (χ1v) is 5.44. The van der Waals surface area contributed by atoms with E-state index in [0.717, 1.165) is 25.1 Å². The minimum atomic E-state index is -0.106. The van der Waals surface area contributed by atoms with Crippen LogP contribution in [0.5, 0.6) is 0 Å². The second-order valence-electron chi connectivity index (χ2n) is 4.38. The normalized spacial score (nSPS) is 23.3. The zero-order valence-corrected chi connectivity index (χ0v) is 9.30. The molecule has 1 aliphatic carbocycles. The molecule has 0 spiro atoms. The molecule has 2 rings (SSSR count). The molecular weight excluding hydrogens is 202 g/mol. The van der Waals surface area contributed by atoms with Gasteiger partial charge in [-0.15, -0.1) is 0 Å². The van der Waals surface area contributed by atoms with Crippen molar-refractivity contribution >= 4 is 5.69 Å². The summed E-state index contributed by atoms with van der Waals surface area (Å²) >= 11 is 0. The molecule has 1 saturated carbocycles. The number of aliphatic hydroxyl groups is 1. The van der Waals surface area contributed by atoms with Crippen molar-refractivity contribution in [3.8, 4) is 6.07 Å². The van der Waals surface area contributed by atoms with Crippen molar-refractivity contribution in [2.75, 3.05) is 18.5 Å². The van der Waals surface area contributed by atoms with Gasteiger partial charge in [0.1, 0.15) is 11.8 Å². The van der Waals surface area contributed by atoms with Crippen molar-refractivity contribution < 1.29 is 5.11 Å². The Bertz CT molecular complexity index is 407. The summed E-state index contributed by atoms with van der Waals surface area (Å²) in [5.41, 5.74) is 1.45. The first kappa shape index (κ1) is 10.9. The largest absolute Gasteiger partial charge is 0.393 e. The van der Waals surface area contributed by atoms with Gasteiger partial charge in [-0.05, 0) is 30.9 Å². The van der Waals surface area contributed by atoms with Crippen LogP contribution in [0.3, 0.4) is 0 Å². The fourth-order valence-electron chi connectivity index (χ4n) is 2.06. The second kappa shape index (κ2) is 4.50. The highest BCUT2D eigenvalue weighted by Gasteiger charge is 2.27. The van der Waals surface area contributed by atoms with E-state index in [2.05, 4.69) is 9.88 Å². The van der Waals surface area contributed by atoms with Crippen LogP contribution < -0.4 is 4.90 Å². The van der Waals surface area contributed by atoms with E-state index in [4.69, 9.17) is 5.26 Å². The average molecular weight is 217 g/mol. The molecule has 1 aromatic heterocycles. The van der Waals surface area contributed by atoms with Crippen molar-refractivity contribution in [1.29, 1.82) is 5.26 Å². The van der Waals surface area contributed by atoms with Crippen molar-refractivity contribution in [3.05, 3.63) is 24.0 Å². The smallest absolute Gasteiger partial charge is 0.142 e. The second-order valence-corrected chi connectivity index (χ2v) is 4.38. The molecule has 16 heavy (non-hydrogen) atoms. The fraction of sp³-hybridized carbons (Fsp3) is 0.500. The summed E-state index contributed by atoms with van der Waals surface area (Å²) in [5, 5.41) is 18.0. The lowest BCUT2D eigenvalue weighted by Gasteiger charge is -2.35. The Kier molecular flexibility index (Phi) is 3.07. The molecule has 0 saturated heterocycles. The van der Waals surface area contributed by atoms with E-state index in [-0.39, 0.29) is 6.10 Å². The molecule has 0 radical (unpaired) electrons. The quantitative estimate of drug-likeness (QED) is 0.825. The Hall–Kier alpha value is -1.60. The molecule has 1 heterocycles. The fourth-order valence-corrected chi connectivity index (χ4v) is 2.06. The predicted molar refractivity (Wildman–Crippen MR) is 61.0 cm³/mol. The molecule has 1 N–H and O–H groups in total. The number of hydrogen-bond donors (Lipinski definition) is 1. The molecule has 84 valence electrons. The van der Waals surface area contributed by atoms with Gasteiger partial charge in [0.25, 0.3) is 0 Å². The summed E-state index contributed by atoms with van der Waals surface area (Å²) in [5.74, 6) is 0.568. The molecule has 0 bridgehead atoms. The molecule has 0 unspecified atom stereocenters. The van der Waals surface area contributed by atoms with E-state index < -0.39 is 0 Å². The van der Waals surface area contributed by atoms with Crippen LogP contribution in [0.15, 0.2) is 18.3 Å². The third-order valence-corrected chi connectivity index (χ3v) is 3.04. The Morgan fingerprint density at radius 3 is 3.00 bits per heavy atom. The Labute approximate surface area is 95.1 Å². The van der Waals surface area contributed by atoms with E-state index in [1.807, 2.05) is 19.2 Å². The van der Waals surface area contributed by atoms with Gasteiger partial charge in [-0.3, -0.25) is 0 Å². The van der Waals surface area contributed by atoms with Crippen LogP contribution in [-0.4, -0.2) is 29.8 Å². The van der Waals surface area contributed by atoms with Crippen LogP contribution in [0.4, 0.5) is 5.69 Å². The lowest BCUT2D eigenvalue weighted by Crippen LogP contribution is -2.37. The lowest BCUT2D eigenvalue weighted by molar-refractivity contribution is 0.0465. The number of nitrogens with zero attached hydrogens (tertiary/aromatic N) is 3. The van der Waals surface area contributed by atoms with Gasteiger partial charge in [0.05, 0.1) is 6.10 Å². The summed E-state index contributed by atoms with van der Waals surface area (Å²) in [7, 11) is 2.00. The number of pyridine rings is 1. The highest BCUT2D eigenvalue weighted by Crippen LogP contribution is 2.28. The van der Waals surface area contributed by atoms with Gasteiger partial charge >= 0.3 is 0 Å². The first-order chi connectivity index (χ1) is 7.69. The number of anilines is 1.